The predicted octanol–water partition coefficient (Wildman–Crippen LogP) is 4.14. The Morgan fingerprint density at radius 1 is 1.18 bits per heavy atom. The van der Waals surface area contributed by atoms with Gasteiger partial charge in [-0.15, -0.1) is 0 Å². The quantitative estimate of drug-likeness (QED) is 0.713. The highest BCUT2D eigenvalue weighted by atomic mass is 32.2. The van der Waals surface area contributed by atoms with Crippen LogP contribution in [0.3, 0.4) is 0 Å². The molecule has 2 aromatic rings. The minimum atomic E-state index is 0.0656. The van der Waals surface area contributed by atoms with Crippen molar-refractivity contribution < 1.29 is 9.59 Å². The molecule has 1 aromatic carbocycles. The molecule has 2 heterocycles. The lowest BCUT2D eigenvalue weighted by Crippen LogP contribution is -2.39. The highest BCUT2D eigenvalue weighted by Gasteiger charge is 2.23. The fourth-order valence-electron chi connectivity index (χ4n) is 3.41. The van der Waals surface area contributed by atoms with Gasteiger partial charge in [0.05, 0.1) is 10.8 Å². The number of nitrogens with one attached hydrogen (secondary N) is 1. The van der Waals surface area contributed by atoms with Gasteiger partial charge in [-0.3, -0.25) is 9.59 Å². The van der Waals surface area contributed by atoms with Crippen LogP contribution in [0.15, 0.2) is 53.7 Å². The maximum absolute atomic E-state index is 12.4. The van der Waals surface area contributed by atoms with Crippen molar-refractivity contribution in [3.05, 3.63) is 54.2 Å². The van der Waals surface area contributed by atoms with Crippen molar-refractivity contribution in [3.63, 3.8) is 0 Å². The highest BCUT2D eigenvalue weighted by molar-refractivity contribution is 7.99. The molecule has 0 atom stereocenters. The van der Waals surface area contributed by atoms with E-state index >= 15 is 0 Å². The molecule has 1 N–H and O–H groups in total. The number of benzene rings is 1. The average molecular weight is 398 g/mol. The number of hydrogen-bond donors (Lipinski definition) is 1. The number of aromatic nitrogens is 1. The summed E-state index contributed by atoms with van der Waals surface area (Å²) in [5, 5.41) is 3.85. The lowest BCUT2D eigenvalue weighted by molar-refractivity contribution is -0.130. The normalized spacial score (nSPS) is 14.7. The van der Waals surface area contributed by atoms with Crippen LogP contribution in [0, 0.1) is 12.8 Å². The SMILES string of the molecule is Cc1cccc(NC(=O)CCC2CCN(C(=O)CSc3ccccn3)CC2)c1. The Morgan fingerprint density at radius 3 is 2.71 bits per heavy atom. The Kier molecular flexibility index (Phi) is 7.48. The van der Waals surface area contributed by atoms with Crippen LogP contribution in [-0.4, -0.2) is 40.5 Å². The van der Waals surface area contributed by atoms with Crippen LogP contribution in [0.4, 0.5) is 5.69 Å². The first-order chi connectivity index (χ1) is 13.6. The zero-order valence-electron chi connectivity index (χ0n) is 16.3. The number of nitrogens with zero attached hydrogens (tertiary/aromatic N) is 2. The molecule has 1 aliphatic rings. The van der Waals surface area contributed by atoms with Crippen molar-refractivity contribution in [2.45, 2.75) is 37.6 Å². The number of likely N-dealkylation sites (tertiary alicyclic amines) is 1. The smallest absolute Gasteiger partial charge is 0.232 e. The van der Waals surface area contributed by atoms with Crippen molar-refractivity contribution >= 4 is 29.3 Å². The second kappa shape index (κ2) is 10.3. The maximum atomic E-state index is 12.4. The minimum Gasteiger partial charge on any atom is -0.342 e. The summed E-state index contributed by atoms with van der Waals surface area (Å²) in [6.07, 6.45) is 5.09. The zero-order chi connectivity index (χ0) is 19.8. The molecule has 1 saturated heterocycles. The van der Waals surface area contributed by atoms with E-state index in [0.29, 0.717) is 18.1 Å². The fourth-order valence-corrected chi connectivity index (χ4v) is 4.18. The molecule has 0 unspecified atom stereocenters. The summed E-state index contributed by atoms with van der Waals surface area (Å²) in [5.41, 5.74) is 1.99. The average Bonchev–Trinajstić information content (AvgIpc) is 2.72. The molecule has 0 saturated carbocycles. The minimum absolute atomic E-state index is 0.0656. The third-order valence-electron chi connectivity index (χ3n) is 5.03. The maximum Gasteiger partial charge on any atom is 0.232 e. The number of rotatable bonds is 7. The molecule has 2 amide bonds. The van der Waals surface area contributed by atoms with Gasteiger partial charge in [-0.1, -0.05) is 30.0 Å². The van der Waals surface area contributed by atoms with Gasteiger partial charge in [0, 0.05) is 31.4 Å². The van der Waals surface area contributed by atoms with Crippen molar-refractivity contribution in [2.24, 2.45) is 5.92 Å². The first kappa shape index (κ1) is 20.4. The van der Waals surface area contributed by atoms with Crippen molar-refractivity contribution in [2.75, 3.05) is 24.2 Å². The first-order valence-electron chi connectivity index (χ1n) is 9.78. The molecule has 1 aliphatic heterocycles. The van der Waals surface area contributed by atoms with Crippen LogP contribution in [0.1, 0.15) is 31.2 Å². The van der Waals surface area contributed by atoms with Crippen LogP contribution >= 0.6 is 11.8 Å². The van der Waals surface area contributed by atoms with Crippen LogP contribution in [0.25, 0.3) is 0 Å². The van der Waals surface area contributed by atoms with Crippen molar-refractivity contribution in [1.29, 1.82) is 0 Å². The monoisotopic (exact) mass is 397 g/mol. The largest absolute Gasteiger partial charge is 0.342 e. The molecule has 5 nitrogen and oxygen atoms in total. The van der Waals surface area contributed by atoms with Gasteiger partial charge in [0.2, 0.25) is 11.8 Å². The van der Waals surface area contributed by atoms with Crippen LogP contribution in [0.5, 0.6) is 0 Å². The van der Waals surface area contributed by atoms with Gasteiger partial charge in [0.15, 0.2) is 0 Å². The van der Waals surface area contributed by atoms with E-state index in [1.165, 1.54) is 11.8 Å². The number of pyridine rings is 1. The number of carbonyl (C=O) groups excluding carboxylic acids is 2. The lowest BCUT2D eigenvalue weighted by Gasteiger charge is -2.32. The topological polar surface area (TPSA) is 62.3 Å². The third kappa shape index (κ3) is 6.37. The number of hydrogen-bond acceptors (Lipinski definition) is 4. The molecule has 148 valence electrons. The van der Waals surface area contributed by atoms with Gasteiger partial charge in [-0.25, -0.2) is 4.98 Å². The lowest BCUT2D eigenvalue weighted by atomic mass is 9.92. The second-order valence-electron chi connectivity index (χ2n) is 7.24. The summed E-state index contributed by atoms with van der Waals surface area (Å²) in [5.74, 6) is 1.18. The summed E-state index contributed by atoms with van der Waals surface area (Å²) >= 11 is 1.48. The molecule has 0 bridgehead atoms. The Labute approximate surface area is 170 Å². The van der Waals surface area contributed by atoms with Gasteiger partial charge < -0.3 is 10.2 Å². The summed E-state index contributed by atoms with van der Waals surface area (Å²) in [6.45, 7) is 3.58. The molecule has 3 rings (SSSR count). The summed E-state index contributed by atoms with van der Waals surface area (Å²) < 4.78 is 0. The Morgan fingerprint density at radius 2 is 2.00 bits per heavy atom. The number of piperidine rings is 1. The molecule has 0 spiro atoms. The number of aryl methyl sites for hydroxylation is 1. The molecule has 28 heavy (non-hydrogen) atoms. The first-order valence-corrected chi connectivity index (χ1v) is 10.8. The third-order valence-corrected chi connectivity index (χ3v) is 5.96. The van der Waals surface area contributed by atoms with E-state index in [2.05, 4.69) is 10.3 Å². The molecule has 6 heteroatoms. The Balaban J connectivity index is 1.34. The van der Waals surface area contributed by atoms with Gasteiger partial charge in [-0.2, -0.15) is 0 Å². The predicted molar refractivity (Wildman–Crippen MR) is 113 cm³/mol. The van der Waals surface area contributed by atoms with Gasteiger partial charge in [-0.05, 0) is 61.9 Å². The number of amides is 2. The van der Waals surface area contributed by atoms with Crippen molar-refractivity contribution in [1.82, 2.24) is 9.88 Å². The highest BCUT2D eigenvalue weighted by Crippen LogP contribution is 2.23. The zero-order valence-corrected chi connectivity index (χ0v) is 17.1. The molecule has 1 aromatic heterocycles. The second-order valence-corrected chi connectivity index (χ2v) is 8.23. The fraction of sp³-hybridized carbons (Fsp3) is 0.409. The molecule has 1 fully saturated rings. The van der Waals surface area contributed by atoms with E-state index in [9.17, 15) is 9.59 Å². The van der Waals surface area contributed by atoms with Gasteiger partial charge in [0.25, 0.3) is 0 Å². The Hall–Kier alpha value is -2.34. The summed E-state index contributed by atoms with van der Waals surface area (Å²) in [6, 6.07) is 13.6. The summed E-state index contributed by atoms with van der Waals surface area (Å²) in [7, 11) is 0. The van der Waals surface area contributed by atoms with E-state index in [0.717, 1.165) is 48.6 Å². The van der Waals surface area contributed by atoms with Crippen LogP contribution < -0.4 is 5.32 Å². The number of carbonyl (C=O) groups is 2. The van der Waals surface area contributed by atoms with Crippen LogP contribution in [0.2, 0.25) is 0 Å². The Bertz CT molecular complexity index is 789. The summed E-state index contributed by atoms with van der Waals surface area (Å²) in [4.78, 5) is 30.7. The standard InChI is InChI=1S/C22H27N3O2S/c1-17-5-4-6-19(15-17)24-20(26)9-8-18-10-13-25(14-11-18)22(27)16-28-21-7-2-3-12-23-21/h2-7,12,15,18H,8-11,13-14,16H2,1H3,(H,24,26). The van der Waals surface area contributed by atoms with Crippen LogP contribution in [-0.2, 0) is 9.59 Å². The molecule has 0 radical (unpaired) electrons. The molecular weight excluding hydrogens is 370 g/mol. The molecule has 0 aliphatic carbocycles. The number of anilines is 1. The van der Waals surface area contributed by atoms with E-state index in [1.807, 2.05) is 54.3 Å². The van der Waals surface area contributed by atoms with E-state index in [4.69, 9.17) is 0 Å². The number of thioether (sulfide) groups is 1. The van der Waals surface area contributed by atoms with E-state index in [-0.39, 0.29) is 11.8 Å². The van der Waals surface area contributed by atoms with Crippen molar-refractivity contribution in [3.8, 4) is 0 Å². The van der Waals surface area contributed by atoms with Gasteiger partial charge in [0.1, 0.15) is 0 Å². The van der Waals surface area contributed by atoms with E-state index < -0.39 is 0 Å². The van der Waals surface area contributed by atoms with Gasteiger partial charge >= 0.3 is 0 Å². The van der Waals surface area contributed by atoms with E-state index in [1.54, 1.807) is 6.20 Å². The molecular formula is C22H27N3O2S.